The quantitative estimate of drug-likeness (QED) is 0.144. The van der Waals surface area contributed by atoms with Crippen LogP contribution in [0.1, 0.15) is 36.8 Å². The summed E-state index contributed by atoms with van der Waals surface area (Å²) in [5.74, 6) is -1.45. The fourth-order valence-corrected chi connectivity index (χ4v) is 5.46. The lowest BCUT2D eigenvalue weighted by molar-refractivity contribution is -0.121. The van der Waals surface area contributed by atoms with Gasteiger partial charge in [-0.1, -0.05) is 12.1 Å². The maximum atomic E-state index is 14.1. The molecule has 1 saturated heterocycles. The molecule has 4 aromatic rings. The summed E-state index contributed by atoms with van der Waals surface area (Å²) in [5, 5.41) is 4.48. The number of hydrogen-bond donors (Lipinski definition) is 4. The number of carbonyl (C=O) groups excluding carboxylic acids is 3. The van der Waals surface area contributed by atoms with Crippen molar-refractivity contribution in [1.29, 1.82) is 0 Å². The average Bonchev–Trinajstić information content (AvgIpc) is 3.62. The van der Waals surface area contributed by atoms with E-state index in [4.69, 9.17) is 15.2 Å². The number of nitrogens with two attached hydrogens (primary N) is 1. The number of hydrazine groups is 1. The molecule has 2 aromatic heterocycles. The van der Waals surface area contributed by atoms with Gasteiger partial charge in [0.15, 0.2) is 11.6 Å². The largest absolute Gasteiger partial charge is 0.485 e. The number of aromatic amines is 1. The van der Waals surface area contributed by atoms with Crippen molar-refractivity contribution in [2.24, 2.45) is 5.73 Å². The molecule has 2 aliphatic rings. The molecular weight excluding hydrogens is 619 g/mol. The predicted molar refractivity (Wildman–Crippen MR) is 166 cm³/mol. The number of benzene rings is 2. The third-order valence-electron chi connectivity index (χ3n) is 7.78. The molecule has 0 radical (unpaired) electrons. The summed E-state index contributed by atoms with van der Waals surface area (Å²) in [6.45, 7) is 5.57. The van der Waals surface area contributed by atoms with Crippen molar-refractivity contribution in [3.63, 3.8) is 0 Å². The lowest BCUT2D eigenvalue weighted by Gasteiger charge is -2.22. The minimum atomic E-state index is -2.81. The van der Waals surface area contributed by atoms with Gasteiger partial charge in [-0.2, -0.15) is 0 Å². The number of H-pyrrole nitrogens is 1. The van der Waals surface area contributed by atoms with Gasteiger partial charge in [-0.15, -0.1) is 0 Å². The van der Waals surface area contributed by atoms with Crippen molar-refractivity contribution in [2.45, 2.75) is 45.7 Å². The first-order valence-electron chi connectivity index (χ1n) is 14.5. The van der Waals surface area contributed by atoms with Crippen LogP contribution < -0.4 is 35.9 Å². The zero-order chi connectivity index (χ0) is 33.8. The van der Waals surface area contributed by atoms with Crippen LogP contribution in [0.4, 0.5) is 29.3 Å². The van der Waals surface area contributed by atoms with E-state index in [1.165, 1.54) is 55.4 Å². The number of alkyl halides is 2. The van der Waals surface area contributed by atoms with Gasteiger partial charge >= 0.3 is 6.03 Å². The number of pyridine rings is 1. The third kappa shape index (κ3) is 5.69. The number of ether oxygens (including phenoxy) is 2. The number of amides is 3. The topological polar surface area (TPSA) is 155 Å². The molecule has 0 spiro atoms. The van der Waals surface area contributed by atoms with Gasteiger partial charge in [0.2, 0.25) is 11.7 Å². The van der Waals surface area contributed by atoms with Gasteiger partial charge in [-0.3, -0.25) is 14.6 Å². The van der Waals surface area contributed by atoms with E-state index in [1.54, 1.807) is 32.0 Å². The van der Waals surface area contributed by atoms with Crippen LogP contribution in [-0.2, 0) is 4.79 Å². The number of nitrogens with one attached hydrogen (secondary N) is 3. The van der Waals surface area contributed by atoms with Crippen LogP contribution in [0.5, 0.6) is 17.4 Å². The Morgan fingerprint density at radius 1 is 1.11 bits per heavy atom. The summed E-state index contributed by atoms with van der Waals surface area (Å²) in [4.78, 5) is 47.7. The zero-order valence-electron chi connectivity index (χ0n) is 25.7. The van der Waals surface area contributed by atoms with Crippen molar-refractivity contribution in [3.8, 4) is 17.4 Å². The summed E-state index contributed by atoms with van der Waals surface area (Å²) < 4.78 is 51.1. The van der Waals surface area contributed by atoms with Crippen LogP contribution in [0.2, 0.25) is 0 Å². The Morgan fingerprint density at radius 3 is 2.51 bits per heavy atom. The number of aryl methyl sites for hydroxylation is 1. The second kappa shape index (κ2) is 11.7. The molecule has 2 aliphatic heterocycles. The standard InChI is InChI=1S/C32H30F3N7O5/c1-15-9-26(47-23-8-6-5-7-18(23)33)37-13-22(15)42-29(36)27(16(2)40-42)28(43)20-10-17-11-24(46-14-25(34)35)21(12-19(17)38-20)41-30(44)32(3,4)39-31(41)45/h5-13,16,25,38,40H,14,36H2,1-4H3,(H,39,45). The van der Waals surface area contributed by atoms with Gasteiger partial charge in [0.05, 0.1) is 34.9 Å². The number of halogens is 3. The number of nitrogens with zero attached hydrogens (tertiary/aromatic N) is 3. The number of rotatable bonds is 9. The van der Waals surface area contributed by atoms with Crippen LogP contribution in [0.25, 0.3) is 10.9 Å². The molecule has 2 aromatic carbocycles. The first-order valence-corrected chi connectivity index (χ1v) is 14.5. The summed E-state index contributed by atoms with van der Waals surface area (Å²) in [7, 11) is 0. The Balaban J connectivity index is 1.31. The summed E-state index contributed by atoms with van der Waals surface area (Å²) in [6.07, 6.45) is -1.33. The maximum Gasteiger partial charge on any atom is 0.329 e. The number of hydrogen-bond acceptors (Lipinski definition) is 9. The Labute approximate surface area is 266 Å². The van der Waals surface area contributed by atoms with E-state index in [0.717, 1.165) is 4.90 Å². The van der Waals surface area contributed by atoms with E-state index in [-0.39, 0.29) is 40.2 Å². The Morgan fingerprint density at radius 2 is 1.85 bits per heavy atom. The molecule has 5 N–H and O–H groups in total. The highest BCUT2D eigenvalue weighted by Crippen LogP contribution is 2.38. The van der Waals surface area contributed by atoms with Crippen molar-refractivity contribution in [1.82, 2.24) is 20.7 Å². The molecule has 0 aliphatic carbocycles. The molecule has 0 bridgehead atoms. The second-order valence-electron chi connectivity index (χ2n) is 11.6. The Bertz CT molecular complexity index is 1980. The predicted octanol–water partition coefficient (Wildman–Crippen LogP) is 5.05. The Hall–Kier alpha value is -5.57. The van der Waals surface area contributed by atoms with Crippen LogP contribution in [0, 0.1) is 12.7 Å². The van der Waals surface area contributed by atoms with Gasteiger partial charge in [-0.25, -0.2) is 33.3 Å². The lowest BCUT2D eigenvalue weighted by Crippen LogP contribution is -2.40. The van der Waals surface area contributed by atoms with Gasteiger partial charge in [-0.05, 0) is 63.6 Å². The van der Waals surface area contributed by atoms with Crippen molar-refractivity contribution >= 4 is 40.0 Å². The van der Waals surface area contributed by atoms with Crippen LogP contribution >= 0.6 is 0 Å². The summed E-state index contributed by atoms with van der Waals surface area (Å²) in [6, 6.07) is 10.5. The highest BCUT2D eigenvalue weighted by molar-refractivity contribution is 6.24. The van der Waals surface area contributed by atoms with Crippen molar-refractivity contribution < 1.29 is 37.0 Å². The monoisotopic (exact) mass is 649 g/mol. The number of ketones is 1. The first-order chi connectivity index (χ1) is 22.2. The molecule has 0 saturated carbocycles. The Kier molecular flexibility index (Phi) is 7.79. The molecule has 244 valence electrons. The molecule has 1 fully saturated rings. The lowest BCUT2D eigenvalue weighted by atomic mass is 10.0. The molecule has 47 heavy (non-hydrogen) atoms. The molecule has 4 heterocycles. The van der Waals surface area contributed by atoms with Crippen molar-refractivity contribution in [2.75, 3.05) is 16.5 Å². The maximum absolute atomic E-state index is 14.1. The number of para-hydroxylation sites is 1. The first kappa shape index (κ1) is 31.4. The second-order valence-corrected chi connectivity index (χ2v) is 11.6. The highest BCUT2D eigenvalue weighted by atomic mass is 19.3. The average molecular weight is 650 g/mol. The van der Waals surface area contributed by atoms with Gasteiger partial charge in [0.1, 0.15) is 23.7 Å². The molecule has 3 amide bonds. The SMILES string of the molecule is Cc1cc(Oc2ccccc2F)ncc1N1NC(C)C(C(=O)c2cc3cc(OCC(F)F)c(N4C(=O)NC(C)(C)C4=O)cc3[nH]2)=C1N. The van der Waals surface area contributed by atoms with Crippen LogP contribution in [0.15, 0.2) is 66.1 Å². The number of aromatic nitrogens is 2. The fourth-order valence-electron chi connectivity index (χ4n) is 5.46. The van der Waals surface area contributed by atoms with E-state index < -0.39 is 48.2 Å². The summed E-state index contributed by atoms with van der Waals surface area (Å²) in [5.41, 5.74) is 10.3. The normalized spacial score (nSPS) is 17.7. The van der Waals surface area contributed by atoms with E-state index in [9.17, 15) is 27.6 Å². The van der Waals surface area contributed by atoms with E-state index in [0.29, 0.717) is 22.2 Å². The van der Waals surface area contributed by atoms with Gasteiger partial charge in [0, 0.05) is 17.0 Å². The molecule has 1 atom stereocenters. The number of fused-ring (bicyclic) bond motifs is 1. The number of anilines is 2. The van der Waals surface area contributed by atoms with E-state index in [2.05, 4.69) is 20.7 Å². The summed E-state index contributed by atoms with van der Waals surface area (Å²) >= 11 is 0. The van der Waals surface area contributed by atoms with E-state index >= 15 is 0 Å². The molecule has 6 rings (SSSR count). The molecule has 1 unspecified atom stereocenters. The number of urea groups is 1. The van der Waals surface area contributed by atoms with Crippen molar-refractivity contribution in [3.05, 3.63) is 83.2 Å². The third-order valence-corrected chi connectivity index (χ3v) is 7.78. The van der Waals surface area contributed by atoms with E-state index in [1.807, 2.05) is 0 Å². The van der Waals surface area contributed by atoms with Gasteiger partial charge < -0.3 is 25.5 Å². The molecular formula is C32H30F3N7O5. The van der Waals surface area contributed by atoms with Crippen LogP contribution in [-0.4, -0.2) is 52.3 Å². The van der Waals surface area contributed by atoms with Crippen LogP contribution in [0.3, 0.4) is 0 Å². The fraction of sp³-hybridized carbons (Fsp3) is 0.250. The molecule has 12 nitrogen and oxygen atoms in total. The highest BCUT2D eigenvalue weighted by Gasteiger charge is 2.46. The number of carbonyl (C=O) groups is 3. The van der Waals surface area contributed by atoms with Gasteiger partial charge in [0.25, 0.3) is 12.3 Å². The number of Topliss-reactive ketones (excluding diaryl/α,β-unsaturated/α-hetero) is 1. The number of imide groups is 1. The smallest absolute Gasteiger partial charge is 0.329 e. The zero-order valence-corrected chi connectivity index (χ0v) is 25.7. The minimum Gasteiger partial charge on any atom is -0.485 e. The minimum absolute atomic E-state index is 0.0182. The molecule has 15 heteroatoms.